The molecule has 1 aromatic carbocycles. The van der Waals surface area contributed by atoms with Crippen LogP contribution in [-0.2, 0) is 14.8 Å². The zero-order chi connectivity index (χ0) is 19.8. The molecule has 2 aliphatic heterocycles. The smallest absolute Gasteiger partial charge is 0.321 e. The lowest BCUT2D eigenvalue weighted by molar-refractivity contribution is 0.0334. The Bertz CT molecular complexity index is 778. The predicted molar refractivity (Wildman–Crippen MR) is 103 cm³/mol. The summed E-state index contributed by atoms with van der Waals surface area (Å²) in [4.78, 5) is 16.8. The van der Waals surface area contributed by atoms with Crippen molar-refractivity contribution in [1.29, 1.82) is 0 Å². The Morgan fingerprint density at radius 1 is 1.19 bits per heavy atom. The van der Waals surface area contributed by atoms with Gasteiger partial charge < -0.3 is 14.5 Å². The Hall–Kier alpha value is -1.35. The van der Waals surface area contributed by atoms with Crippen LogP contribution in [0.2, 0.25) is 5.02 Å². The van der Waals surface area contributed by atoms with Crippen molar-refractivity contribution in [2.45, 2.75) is 37.9 Å². The molecule has 150 valence electrons. The van der Waals surface area contributed by atoms with Crippen molar-refractivity contribution in [3.05, 3.63) is 29.3 Å². The molecule has 2 amide bonds. The van der Waals surface area contributed by atoms with Gasteiger partial charge >= 0.3 is 6.03 Å². The van der Waals surface area contributed by atoms with Gasteiger partial charge in [-0.2, -0.15) is 4.31 Å². The van der Waals surface area contributed by atoms with Crippen LogP contribution >= 0.6 is 11.6 Å². The topological polar surface area (TPSA) is 70.2 Å². The third-order valence-electron chi connectivity index (χ3n) is 5.02. The van der Waals surface area contributed by atoms with Crippen LogP contribution in [0, 0.1) is 5.92 Å². The van der Waals surface area contributed by atoms with Crippen molar-refractivity contribution in [2.24, 2.45) is 5.92 Å². The third-order valence-corrected chi connectivity index (χ3v) is 7.12. The Labute approximate surface area is 165 Å². The molecular weight excluding hydrogens is 390 g/mol. The quantitative estimate of drug-likeness (QED) is 0.760. The lowest BCUT2D eigenvalue weighted by Gasteiger charge is -2.38. The van der Waals surface area contributed by atoms with Crippen LogP contribution in [0.3, 0.4) is 0 Å². The predicted octanol–water partition coefficient (Wildman–Crippen LogP) is 2.47. The van der Waals surface area contributed by atoms with Gasteiger partial charge in [-0.25, -0.2) is 13.2 Å². The van der Waals surface area contributed by atoms with E-state index in [-0.39, 0.29) is 29.4 Å². The monoisotopic (exact) mass is 415 g/mol. The Balaban J connectivity index is 1.92. The number of halogens is 1. The van der Waals surface area contributed by atoms with Crippen LogP contribution in [0.5, 0.6) is 0 Å². The summed E-state index contributed by atoms with van der Waals surface area (Å²) in [5, 5.41) is 0.480. The van der Waals surface area contributed by atoms with Crippen molar-refractivity contribution in [3.63, 3.8) is 0 Å². The first-order valence-corrected chi connectivity index (χ1v) is 11.0. The fourth-order valence-electron chi connectivity index (χ4n) is 3.71. The number of hydrogen-bond donors (Lipinski definition) is 0. The molecule has 9 heteroatoms. The highest BCUT2D eigenvalue weighted by Gasteiger charge is 2.48. The second-order valence-corrected chi connectivity index (χ2v) is 9.65. The lowest BCUT2D eigenvalue weighted by atomic mass is 10.1. The van der Waals surface area contributed by atoms with Crippen LogP contribution in [0.25, 0.3) is 0 Å². The average Bonchev–Trinajstić information content (AvgIpc) is 3.00. The zero-order valence-corrected chi connectivity index (χ0v) is 17.4. The van der Waals surface area contributed by atoms with E-state index in [1.54, 1.807) is 21.9 Å². The van der Waals surface area contributed by atoms with Crippen LogP contribution in [-0.4, -0.2) is 73.6 Å². The van der Waals surface area contributed by atoms with Gasteiger partial charge in [-0.15, -0.1) is 0 Å². The van der Waals surface area contributed by atoms with Gasteiger partial charge in [0.1, 0.15) is 6.17 Å². The van der Waals surface area contributed by atoms with Gasteiger partial charge in [-0.3, -0.25) is 0 Å². The minimum absolute atomic E-state index is 0.0537. The number of morpholine rings is 1. The molecule has 2 heterocycles. The number of sulfonamides is 1. The highest BCUT2D eigenvalue weighted by Crippen LogP contribution is 2.33. The molecule has 2 fully saturated rings. The molecular formula is C18H26ClN3O4S. The number of amides is 2. The van der Waals surface area contributed by atoms with E-state index < -0.39 is 16.2 Å². The highest BCUT2D eigenvalue weighted by atomic mass is 35.5. The molecule has 0 bridgehead atoms. The van der Waals surface area contributed by atoms with Crippen molar-refractivity contribution in [3.8, 4) is 0 Å². The van der Waals surface area contributed by atoms with Gasteiger partial charge in [0.2, 0.25) is 10.0 Å². The fourth-order valence-corrected chi connectivity index (χ4v) is 5.63. The number of nitrogens with zero attached hydrogens (tertiary/aromatic N) is 3. The number of ether oxygens (including phenoxy) is 1. The molecule has 0 radical (unpaired) electrons. The largest absolute Gasteiger partial charge is 0.378 e. The maximum absolute atomic E-state index is 13.3. The van der Waals surface area contributed by atoms with E-state index in [2.05, 4.69) is 0 Å². The SMILES string of the molecule is CC(C)C1N(C(=O)N2CCOCC2)C(C)CN1S(=O)(=O)c1ccc(Cl)cc1. The first-order valence-electron chi connectivity index (χ1n) is 9.16. The molecule has 7 nitrogen and oxygen atoms in total. The van der Waals surface area contributed by atoms with Gasteiger partial charge in [0.15, 0.2) is 0 Å². The normalized spacial score (nSPS) is 24.6. The number of carbonyl (C=O) groups excluding carboxylic acids is 1. The fraction of sp³-hybridized carbons (Fsp3) is 0.611. The Morgan fingerprint density at radius 2 is 1.78 bits per heavy atom. The first-order chi connectivity index (χ1) is 12.7. The van der Waals surface area contributed by atoms with E-state index in [1.807, 2.05) is 20.8 Å². The summed E-state index contributed by atoms with van der Waals surface area (Å²) in [5.74, 6) is -0.0537. The molecule has 27 heavy (non-hydrogen) atoms. The molecule has 2 saturated heterocycles. The molecule has 2 aliphatic rings. The maximum Gasteiger partial charge on any atom is 0.321 e. The number of carbonyl (C=O) groups is 1. The standard InChI is InChI=1S/C18H26ClN3O4S/c1-13(2)17-21(27(24,25)16-6-4-15(19)5-7-16)12-14(3)22(17)18(23)20-8-10-26-11-9-20/h4-7,13-14,17H,8-12H2,1-3H3. The summed E-state index contributed by atoms with van der Waals surface area (Å²) in [5.41, 5.74) is 0. The van der Waals surface area contributed by atoms with Gasteiger partial charge in [0.25, 0.3) is 0 Å². The summed E-state index contributed by atoms with van der Waals surface area (Å²) in [6, 6.07) is 5.80. The number of benzene rings is 1. The second kappa shape index (κ2) is 7.95. The Kier molecular flexibility index (Phi) is 6.00. The molecule has 0 saturated carbocycles. The molecule has 2 atom stereocenters. The number of hydrogen-bond acceptors (Lipinski definition) is 4. The van der Waals surface area contributed by atoms with E-state index in [0.29, 0.717) is 31.3 Å². The average molecular weight is 416 g/mol. The summed E-state index contributed by atoms with van der Waals surface area (Å²) in [6.45, 7) is 8.10. The maximum atomic E-state index is 13.3. The van der Waals surface area contributed by atoms with Crippen molar-refractivity contribution < 1.29 is 17.9 Å². The molecule has 0 spiro atoms. The van der Waals surface area contributed by atoms with Crippen LogP contribution < -0.4 is 0 Å². The van der Waals surface area contributed by atoms with Crippen LogP contribution in [0.1, 0.15) is 20.8 Å². The van der Waals surface area contributed by atoms with Crippen LogP contribution in [0.15, 0.2) is 29.2 Å². The van der Waals surface area contributed by atoms with E-state index >= 15 is 0 Å². The Morgan fingerprint density at radius 3 is 2.33 bits per heavy atom. The second-order valence-electron chi connectivity index (χ2n) is 7.32. The minimum atomic E-state index is -3.74. The number of urea groups is 1. The minimum Gasteiger partial charge on any atom is -0.378 e. The highest BCUT2D eigenvalue weighted by molar-refractivity contribution is 7.89. The lowest BCUT2D eigenvalue weighted by Crippen LogP contribution is -2.55. The summed E-state index contributed by atoms with van der Waals surface area (Å²) < 4.78 is 33.3. The molecule has 3 rings (SSSR count). The molecule has 0 aromatic heterocycles. The van der Waals surface area contributed by atoms with Gasteiger partial charge in [-0.05, 0) is 37.1 Å². The van der Waals surface area contributed by atoms with Crippen molar-refractivity contribution in [2.75, 3.05) is 32.8 Å². The summed E-state index contributed by atoms with van der Waals surface area (Å²) >= 11 is 5.90. The van der Waals surface area contributed by atoms with E-state index in [1.165, 1.54) is 16.4 Å². The van der Waals surface area contributed by atoms with E-state index in [0.717, 1.165) is 0 Å². The molecule has 0 N–H and O–H groups in total. The van der Waals surface area contributed by atoms with E-state index in [4.69, 9.17) is 16.3 Å². The van der Waals surface area contributed by atoms with Gasteiger partial charge in [0.05, 0.1) is 18.1 Å². The van der Waals surface area contributed by atoms with Gasteiger partial charge in [0, 0.05) is 30.7 Å². The molecule has 1 aromatic rings. The van der Waals surface area contributed by atoms with Crippen LogP contribution in [0.4, 0.5) is 4.79 Å². The van der Waals surface area contributed by atoms with E-state index in [9.17, 15) is 13.2 Å². The van der Waals surface area contributed by atoms with Crippen molar-refractivity contribution >= 4 is 27.7 Å². The van der Waals surface area contributed by atoms with Gasteiger partial charge in [-0.1, -0.05) is 25.4 Å². The van der Waals surface area contributed by atoms with Crippen molar-refractivity contribution in [1.82, 2.24) is 14.1 Å². The molecule has 0 aliphatic carbocycles. The first kappa shape index (κ1) is 20.4. The summed E-state index contributed by atoms with van der Waals surface area (Å²) in [7, 11) is -3.74. The third kappa shape index (κ3) is 3.94. The molecule has 2 unspecified atom stereocenters. The zero-order valence-electron chi connectivity index (χ0n) is 15.8. The summed E-state index contributed by atoms with van der Waals surface area (Å²) in [6.07, 6.45) is -0.531. The number of rotatable bonds is 3.